The summed E-state index contributed by atoms with van der Waals surface area (Å²) in [5.74, 6) is -1.30. The van der Waals surface area contributed by atoms with Crippen molar-refractivity contribution in [3.63, 3.8) is 0 Å². The molecule has 2 aromatic carbocycles. The average Bonchev–Trinajstić information content (AvgIpc) is 3.39. The van der Waals surface area contributed by atoms with Gasteiger partial charge in [-0.2, -0.15) is 0 Å². The fourth-order valence-electron chi connectivity index (χ4n) is 5.19. The zero-order valence-corrected chi connectivity index (χ0v) is 22.9. The van der Waals surface area contributed by atoms with Gasteiger partial charge in [-0.3, -0.25) is 14.5 Å². The maximum absolute atomic E-state index is 15.3. The topological polar surface area (TPSA) is 136 Å². The number of nitrogens with one attached hydrogen (secondary N) is 1. The van der Waals surface area contributed by atoms with Crippen LogP contribution in [0.5, 0.6) is 0 Å². The van der Waals surface area contributed by atoms with E-state index in [1.54, 1.807) is 35.4 Å². The van der Waals surface area contributed by atoms with Crippen molar-refractivity contribution in [2.75, 3.05) is 23.5 Å². The Balaban J connectivity index is 1.27. The van der Waals surface area contributed by atoms with E-state index in [1.165, 1.54) is 18.5 Å². The molecule has 3 N–H and O–H groups in total. The van der Waals surface area contributed by atoms with Gasteiger partial charge in [-0.15, -0.1) is 0 Å². The number of rotatable bonds is 6. The Hall–Kier alpha value is -4.91. The van der Waals surface area contributed by atoms with E-state index in [0.717, 1.165) is 24.3 Å². The number of piperidine rings is 1. The van der Waals surface area contributed by atoms with E-state index >= 15 is 4.39 Å². The quantitative estimate of drug-likeness (QED) is 0.295. The van der Waals surface area contributed by atoms with Crippen molar-refractivity contribution in [3.05, 3.63) is 96.7 Å². The molecule has 13 heteroatoms. The smallest absolute Gasteiger partial charge is 0.272 e. The van der Waals surface area contributed by atoms with Crippen LogP contribution in [0.25, 0.3) is 22.2 Å². The summed E-state index contributed by atoms with van der Waals surface area (Å²) in [5.41, 5.74) is 8.00. The van der Waals surface area contributed by atoms with Crippen molar-refractivity contribution in [2.45, 2.75) is 23.8 Å². The number of likely N-dealkylation sites (tertiary alicyclic amines) is 1. The van der Waals surface area contributed by atoms with Crippen LogP contribution in [0.1, 0.15) is 29.4 Å². The number of nitrogens with two attached hydrogens (primary N) is 1. The molecule has 0 radical (unpaired) electrons. The molecular weight excluding hydrogens is 564 g/mol. The lowest BCUT2D eigenvalue weighted by Gasteiger charge is -2.32. The first-order valence-corrected chi connectivity index (χ1v) is 14.6. The molecule has 3 aromatic heterocycles. The third-order valence-corrected chi connectivity index (χ3v) is 8.70. The van der Waals surface area contributed by atoms with Gasteiger partial charge < -0.3 is 15.2 Å². The van der Waals surface area contributed by atoms with Crippen molar-refractivity contribution in [2.24, 2.45) is 0 Å². The molecule has 1 amide bonds. The maximum atomic E-state index is 15.3. The van der Waals surface area contributed by atoms with E-state index in [4.69, 9.17) is 5.73 Å². The van der Waals surface area contributed by atoms with Gasteiger partial charge in [0.25, 0.3) is 15.9 Å². The van der Waals surface area contributed by atoms with Gasteiger partial charge in [-0.25, -0.2) is 27.2 Å². The molecule has 0 spiro atoms. The van der Waals surface area contributed by atoms with Crippen LogP contribution >= 0.6 is 0 Å². The SMILES string of the molecule is Nc1ncnc2c1c(-c1ccc(NS(=O)(=O)c3ccc(F)cc3)c(F)c1)cn2C1CCN(C(=O)c2ccccn2)CC1. The Bertz CT molecular complexity index is 1890. The Kier molecular flexibility index (Phi) is 7.02. The Morgan fingerprint density at radius 3 is 2.43 bits per heavy atom. The number of benzene rings is 2. The number of hydrogen-bond donors (Lipinski definition) is 2. The third-order valence-electron chi connectivity index (χ3n) is 7.32. The number of anilines is 2. The molecule has 0 atom stereocenters. The van der Waals surface area contributed by atoms with Crippen LogP contribution in [-0.2, 0) is 10.0 Å². The highest BCUT2D eigenvalue weighted by Crippen LogP contribution is 2.37. The highest BCUT2D eigenvalue weighted by molar-refractivity contribution is 7.92. The van der Waals surface area contributed by atoms with Crippen LogP contribution in [0.2, 0.25) is 0 Å². The summed E-state index contributed by atoms with van der Waals surface area (Å²) < 4.78 is 58.1. The van der Waals surface area contributed by atoms with Gasteiger partial charge in [0.15, 0.2) is 0 Å². The lowest BCUT2D eigenvalue weighted by atomic mass is 10.0. The van der Waals surface area contributed by atoms with Gasteiger partial charge in [0.2, 0.25) is 0 Å². The largest absolute Gasteiger partial charge is 0.383 e. The first-order chi connectivity index (χ1) is 20.2. The van der Waals surface area contributed by atoms with Crippen molar-refractivity contribution in [3.8, 4) is 11.1 Å². The fourth-order valence-corrected chi connectivity index (χ4v) is 6.25. The molecule has 0 bridgehead atoms. The number of aromatic nitrogens is 4. The summed E-state index contributed by atoms with van der Waals surface area (Å²) in [5, 5.41) is 0.545. The van der Waals surface area contributed by atoms with Crippen molar-refractivity contribution < 1.29 is 22.0 Å². The number of nitrogen functional groups attached to an aromatic ring is 1. The number of sulfonamides is 1. The molecule has 4 heterocycles. The Morgan fingerprint density at radius 1 is 0.976 bits per heavy atom. The van der Waals surface area contributed by atoms with Gasteiger partial charge in [0.05, 0.1) is 16.0 Å². The first kappa shape index (κ1) is 27.3. The Labute approximate surface area is 239 Å². The second kappa shape index (κ2) is 10.8. The highest BCUT2D eigenvalue weighted by Gasteiger charge is 2.28. The van der Waals surface area contributed by atoms with Crippen LogP contribution < -0.4 is 10.5 Å². The zero-order valence-electron chi connectivity index (χ0n) is 22.1. The van der Waals surface area contributed by atoms with Gasteiger partial charge in [-0.1, -0.05) is 12.1 Å². The van der Waals surface area contributed by atoms with Crippen LogP contribution in [0.4, 0.5) is 20.3 Å². The molecule has 0 unspecified atom stereocenters. The minimum atomic E-state index is -4.14. The van der Waals surface area contributed by atoms with Crippen LogP contribution in [0, 0.1) is 11.6 Å². The van der Waals surface area contributed by atoms with Crippen LogP contribution in [0.15, 0.2) is 84.3 Å². The fraction of sp³-hybridized carbons (Fsp3) is 0.172. The molecule has 214 valence electrons. The highest BCUT2D eigenvalue weighted by atomic mass is 32.2. The Morgan fingerprint density at radius 2 is 1.74 bits per heavy atom. The molecule has 1 aliphatic rings. The summed E-state index contributed by atoms with van der Waals surface area (Å²) in [4.78, 5) is 27.2. The summed E-state index contributed by atoms with van der Waals surface area (Å²) in [7, 11) is -4.14. The molecule has 1 fully saturated rings. The predicted octanol–water partition coefficient (Wildman–Crippen LogP) is 4.63. The van der Waals surface area contributed by atoms with Crippen molar-refractivity contribution in [1.29, 1.82) is 0 Å². The van der Waals surface area contributed by atoms with E-state index in [1.807, 2.05) is 10.8 Å². The third kappa shape index (κ3) is 5.14. The normalized spacial score (nSPS) is 14.3. The first-order valence-electron chi connectivity index (χ1n) is 13.1. The van der Waals surface area contributed by atoms with E-state index in [9.17, 15) is 17.6 Å². The second-order valence-corrected chi connectivity index (χ2v) is 11.6. The minimum Gasteiger partial charge on any atom is -0.383 e. The minimum absolute atomic E-state index is 0.00466. The number of carbonyl (C=O) groups excluding carboxylic acids is 1. The lowest BCUT2D eigenvalue weighted by molar-refractivity contribution is 0.0690. The number of hydrogen-bond acceptors (Lipinski definition) is 7. The standard InChI is InChI=1S/C29H25F2N7O3S/c30-19-5-7-21(8-6-19)42(40,41)36-24-9-4-18(15-23(24)31)22-16-38(28-26(22)27(32)34-17-35-28)20-10-13-37(14-11-20)29(39)25-3-1-2-12-33-25/h1-9,12,15-17,20,36H,10-11,13-14H2,(H2,32,34,35). The molecule has 1 saturated heterocycles. The van der Waals surface area contributed by atoms with Crippen LogP contribution in [0.3, 0.4) is 0 Å². The summed E-state index contributed by atoms with van der Waals surface area (Å²) >= 11 is 0. The molecule has 6 rings (SSSR count). The van der Waals surface area contributed by atoms with Crippen molar-refractivity contribution >= 4 is 38.5 Å². The molecule has 42 heavy (non-hydrogen) atoms. The monoisotopic (exact) mass is 589 g/mol. The summed E-state index contributed by atoms with van der Waals surface area (Å²) in [6.07, 6.45) is 6.11. The predicted molar refractivity (Wildman–Crippen MR) is 153 cm³/mol. The van der Waals surface area contributed by atoms with E-state index in [-0.39, 0.29) is 28.3 Å². The number of carbonyl (C=O) groups is 1. The lowest BCUT2D eigenvalue weighted by Crippen LogP contribution is -2.39. The molecular formula is C29H25F2N7O3S. The summed E-state index contributed by atoms with van der Waals surface area (Å²) in [6.45, 7) is 1.04. The number of halogens is 2. The zero-order chi connectivity index (χ0) is 29.4. The number of fused-ring (bicyclic) bond motifs is 1. The molecule has 0 aliphatic carbocycles. The van der Waals surface area contributed by atoms with Crippen molar-refractivity contribution in [1.82, 2.24) is 24.4 Å². The molecule has 1 aliphatic heterocycles. The summed E-state index contributed by atoms with van der Waals surface area (Å²) in [6, 6.07) is 13.5. The van der Waals surface area contributed by atoms with Gasteiger partial charge >= 0.3 is 0 Å². The van der Waals surface area contributed by atoms with Gasteiger partial charge in [-0.05, 0) is 66.9 Å². The van der Waals surface area contributed by atoms with E-state index in [2.05, 4.69) is 19.7 Å². The number of nitrogens with zero attached hydrogens (tertiary/aromatic N) is 5. The van der Waals surface area contributed by atoms with Gasteiger partial charge in [0.1, 0.15) is 35.1 Å². The molecule has 0 saturated carbocycles. The van der Waals surface area contributed by atoms with Crippen LogP contribution in [-0.4, -0.2) is 51.8 Å². The molecule has 10 nitrogen and oxygen atoms in total. The second-order valence-electron chi connectivity index (χ2n) is 9.90. The average molecular weight is 590 g/mol. The maximum Gasteiger partial charge on any atom is 0.272 e. The van der Waals surface area contributed by atoms with E-state index < -0.39 is 21.7 Å². The number of pyridine rings is 1. The number of amides is 1. The van der Waals surface area contributed by atoms with Gasteiger partial charge in [0, 0.05) is 37.1 Å². The molecule has 5 aromatic rings. The van der Waals surface area contributed by atoms with E-state index in [0.29, 0.717) is 53.8 Å².